The predicted octanol–water partition coefficient (Wildman–Crippen LogP) is -1.07. The third-order valence-corrected chi connectivity index (χ3v) is 0. The average Bonchev–Trinajstić information content (AvgIpc) is 0. The van der Waals surface area contributed by atoms with E-state index >= 15 is 0 Å². The second-order valence-electron chi connectivity index (χ2n) is 0. The van der Waals surface area contributed by atoms with E-state index in [1.807, 2.05) is 0 Å². The number of hydrogen-bond donors (Lipinski definition) is 0. The van der Waals surface area contributed by atoms with Gasteiger partial charge < -0.3 is 32.9 Å². The molecule has 0 amide bonds. The Labute approximate surface area is 76.1 Å². The summed E-state index contributed by atoms with van der Waals surface area (Å²) in [5.41, 5.74) is 0. The number of hydrogen-bond acceptors (Lipinski definition) is 6. The zero-order valence-electron chi connectivity index (χ0n) is 3.56. The molecule has 0 unspecified atom stereocenters. The van der Waals surface area contributed by atoms with Crippen LogP contribution in [-0.4, -0.2) is 32.9 Å². The zero-order valence-corrected chi connectivity index (χ0v) is 7.20. The van der Waals surface area contributed by atoms with Crippen LogP contribution in [0.15, 0.2) is 0 Å². The van der Waals surface area contributed by atoms with Gasteiger partial charge in [-0.1, -0.05) is 0 Å². The van der Waals surface area contributed by atoms with Crippen LogP contribution in [0.1, 0.15) is 0 Å². The molecule has 0 saturated carbocycles. The molecule has 6 N–H and O–H groups in total. The Bertz CT molecular complexity index is 8.49. The van der Waals surface area contributed by atoms with E-state index in [1.165, 1.54) is 0 Å². The second kappa shape index (κ2) is 310. The molecule has 8 heavy (non-hydrogen) atoms. The maximum absolute atomic E-state index is 0. The van der Waals surface area contributed by atoms with E-state index in [0.717, 1.165) is 0 Å². The van der Waals surface area contributed by atoms with Crippen LogP contribution in [-0.2, 0) is 43.3 Å². The van der Waals surface area contributed by atoms with E-state index in [2.05, 4.69) is 0 Å². The summed E-state index contributed by atoms with van der Waals surface area (Å²) in [6.45, 7) is 0. The van der Waals surface area contributed by atoms with Gasteiger partial charge in [-0.05, 0) is 0 Å². The summed E-state index contributed by atoms with van der Waals surface area (Å²) in [5, 5.41) is 0. The van der Waals surface area contributed by atoms with Crippen LogP contribution in [0.4, 0.5) is 0 Å². The molecular weight excluding hydrogens is 242 g/mol. The first-order valence-corrected chi connectivity index (χ1v) is 0. The summed E-state index contributed by atoms with van der Waals surface area (Å²) in [7, 11) is 0. The van der Waals surface area contributed by atoms with Crippen molar-refractivity contribution in [1.82, 2.24) is 0 Å². The van der Waals surface area contributed by atoms with Crippen molar-refractivity contribution in [2.75, 3.05) is 0 Å². The topological polar surface area (TPSA) is 180 Å². The van der Waals surface area contributed by atoms with Gasteiger partial charge in [-0.2, -0.15) is 0 Å². The number of rotatable bonds is 0. The Morgan fingerprint density at radius 1 is 0.375 bits per heavy atom. The molecule has 0 aliphatic heterocycles. The van der Waals surface area contributed by atoms with E-state index in [9.17, 15) is 0 Å². The van der Waals surface area contributed by atoms with Gasteiger partial charge >= 0.3 is 43.3 Å². The van der Waals surface area contributed by atoms with Crippen molar-refractivity contribution >= 4 is 0 Å². The van der Waals surface area contributed by atoms with Gasteiger partial charge in [0.05, 0.1) is 0 Å². The first-order chi connectivity index (χ1) is 0. The molecule has 0 heterocycles. The molecule has 0 fully saturated rings. The van der Waals surface area contributed by atoms with Crippen LogP contribution >= 0.6 is 0 Å². The molecule has 0 aromatic heterocycles. The van der Waals surface area contributed by atoms with Crippen LogP contribution in [0.3, 0.4) is 0 Å². The van der Waals surface area contributed by atoms with Crippen molar-refractivity contribution in [3.8, 4) is 0 Å². The molecule has 0 bridgehead atoms. The molecule has 1 radical (unpaired) electrons. The molecule has 8 heteroatoms. The van der Waals surface area contributed by atoms with E-state index in [-0.39, 0.29) is 76.1 Å². The largest absolute Gasteiger partial charge is 4.00 e. The molecule has 0 aromatic rings. The van der Waals surface area contributed by atoms with Gasteiger partial charge in [0.15, 0.2) is 0 Å². The first kappa shape index (κ1) is 452. The summed E-state index contributed by atoms with van der Waals surface area (Å²) in [5.74, 6) is 0. The Morgan fingerprint density at radius 3 is 0.375 bits per heavy atom. The zero-order chi connectivity index (χ0) is 0. The Hall–Kier alpha value is 1.16. The standard InChI is InChI=1S/Mn.6H2O.Zr/h;6*1H2;/q+2;;;;;;;+4/p-6. The summed E-state index contributed by atoms with van der Waals surface area (Å²) in [6.07, 6.45) is 0. The monoisotopic (exact) mass is 247 g/mol. The summed E-state index contributed by atoms with van der Waals surface area (Å²) < 4.78 is 0. The molecule has 0 aromatic carbocycles. The minimum absolute atomic E-state index is 0. The average molecular weight is 248 g/mol. The predicted molar refractivity (Wildman–Crippen MR) is 11.6 cm³/mol. The van der Waals surface area contributed by atoms with Crippen molar-refractivity contribution in [3.05, 3.63) is 0 Å². The van der Waals surface area contributed by atoms with E-state index in [4.69, 9.17) is 0 Å². The van der Waals surface area contributed by atoms with E-state index < -0.39 is 0 Å². The van der Waals surface area contributed by atoms with Gasteiger partial charge in [-0.15, -0.1) is 0 Å². The quantitative estimate of drug-likeness (QED) is 0.492. The smallest absolute Gasteiger partial charge is 0.870 e. The van der Waals surface area contributed by atoms with Gasteiger partial charge in [0.25, 0.3) is 0 Å². The van der Waals surface area contributed by atoms with Gasteiger partial charge in [-0.3, -0.25) is 0 Å². The van der Waals surface area contributed by atoms with Crippen molar-refractivity contribution in [3.63, 3.8) is 0 Å². The maximum atomic E-state index is 0. The van der Waals surface area contributed by atoms with Crippen molar-refractivity contribution < 1.29 is 76.1 Å². The normalized spacial score (nSPS) is 0. The second-order valence-corrected chi connectivity index (χ2v) is 0. The molecule has 0 spiro atoms. The van der Waals surface area contributed by atoms with Gasteiger partial charge in [0.1, 0.15) is 0 Å². The van der Waals surface area contributed by atoms with E-state index in [0.29, 0.717) is 0 Å². The van der Waals surface area contributed by atoms with Gasteiger partial charge in [0, 0.05) is 0 Å². The Kier molecular flexibility index (Phi) is 17500. The summed E-state index contributed by atoms with van der Waals surface area (Å²) in [6, 6.07) is 0. The fraction of sp³-hybridized carbons (Fsp3) is 0. The van der Waals surface area contributed by atoms with Gasteiger partial charge in [0.2, 0.25) is 0 Å². The summed E-state index contributed by atoms with van der Waals surface area (Å²) >= 11 is 0. The van der Waals surface area contributed by atoms with Crippen molar-refractivity contribution in [2.45, 2.75) is 0 Å². The molecule has 53 valence electrons. The van der Waals surface area contributed by atoms with Crippen LogP contribution in [0.5, 0.6) is 0 Å². The Morgan fingerprint density at radius 2 is 0.375 bits per heavy atom. The molecular formula is H6MnO6Zr. The van der Waals surface area contributed by atoms with Crippen molar-refractivity contribution in [1.29, 1.82) is 0 Å². The van der Waals surface area contributed by atoms with Crippen LogP contribution in [0, 0.1) is 0 Å². The molecule has 0 aliphatic rings. The van der Waals surface area contributed by atoms with Crippen LogP contribution < -0.4 is 0 Å². The van der Waals surface area contributed by atoms with Crippen LogP contribution in [0.25, 0.3) is 0 Å². The summed E-state index contributed by atoms with van der Waals surface area (Å²) in [4.78, 5) is 0. The third-order valence-electron chi connectivity index (χ3n) is 0. The third kappa shape index (κ3) is 201. The molecule has 0 saturated heterocycles. The Balaban J connectivity index is 0. The minimum Gasteiger partial charge on any atom is -0.870 e. The fourth-order valence-electron chi connectivity index (χ4n) is 0. The van der Waals surface area contributed by atoms with Crippen molar-refractivity contribution in [2.24, 2.45) is 0 Å². The minimum atomic E-state index is 0. The molecule has 6 nitrogen and oxygen atoms in total. The van der Waals surface area contributed by atoms with Gasteiger partial charge in [-0.25, -0.2) is 0 Å². The molecule has 0 atom stereocenters. The molecule has 0 aliphatic carbocycles. The van der Waals surface area contributed by atoms with Crippen LogP contribution in [0.2, 0.25) is 0 Å². The van der Waals surface area contributed by atoms with E-state index in [1.54, 1.807) is 0 Å². The first-order valence-electron chi connectivity index (χ1n) is 0. The molecule has 0 rings (SSSR count). The maximum Gasteiger partial charge on any atom is 4.00 e. The SMILES string of the molecule is [Mn+2].[OH-].[OH-].[OH-].[OH-].[OH-].[OH-].[Zr+4]. The fourth-order valence-corrected chi connectivity index (χ4v) is 0.